The van der Waals surface area contributed by atoms with Gasteiger partial charge in [0.05, 0.1) is 4.92 Å². The fourth-order valence-electron chi connectivity index (χ4n) is 2.92. The van der Waals surface area contributed by atoms with Gasteiger partial charge in [0.1, 0.15) is 6.20 Å². The van der Waals surface area contributed by atoms with Crippen LogP contribution in [-0.2, 0) is 0 Å². The lowest BCUT2D eigenvalue weighted by molar-refractivity contribution is -0.384. The Morgan fingerprint density at radius 1 is 1.48 bits per heavy atom. The highest BCUT2D eigenvalue weighted by Crippen LogP contribution is 2.30. The normalized spacial score (nSPS) is 19.1. The predicted octanol–water partition coefficient (Wildman–Crippen LogP) is 2.83. The fraction of sp³-hybridized carbons (Fsp3) is 0.714. The van der Waals surface area contributed by atoms with Crippen molar-refractivity contribution < 1.29 is 4.92 Å². The van der Waals surface area contributed by atoms with E-state index in [1.165, 1.54) is 25.5 Å². The molecule has 1 aromatic heterocycles. The Morgan fingerprint density at radius 2 is 2.29 bits per heavy atom. The van der Waals surface area contributed by atoms with Crippen LogP contribution in [0.4, 0.5) is 17.5 Å². The van der Waals surface area contributed by atoms with Crippen molar-refractivity contribution in [2.45, 2.75) is 39.0 Å². The monoisotopic (exact) mass is 293 g/mol. The van der Waals surface area contributed by atoms with E-state index in [-0.39, 0.29) is 5.69 Å². The Labute approximate surface area is 124 Å². The van der Waals surface area contributed by atoms with Crippen molar-refractivity contribution in [3.05, 3.63) is 16.3 Å². The summed E-state index contributed by atoms with van der Waals surface area (Å²) < 4.78 is 0. The zero-order valence-electron chi connectivity index (χ0n) is 12.7. The number of hydrogen-bond acceptors (Lipinski definition) is 6. The summed E-state index contributed by atoms with van der Waals surface area (Å²) in [7, 11) is 1.71. The average molecular weight is 293 g/mol. The minimum Gasteiger partial charge on any atom is -0.357 e. The molecule has 7 nitrogen and oxygen atoms in total. The first-order valence-corrected chi connectivity index (χ1v) is 7.59. The molecule has 2 rings (SSSR count). The second-order valence-electron chi connectivity index (χ2n) is 5.48. The quantitative estimate of drug-likeness (QED) is 0.664. The maximum absolute atomic E-state index is 11.2. The van der Waals surface area contributed by atoms with Gasteiger partial charge < -0.3 is 10.2 Å². The molecule has 1 atom stereocenters. The summed E-state index contributed by atoms with van der Waals surface area (Å²) in [6.45, 7) is 3.85. The number of nitro groups is 1. The van der Waals surface area contributed by atoms with Crippen LogP contribution in [0.2, 0.25) is 0 Å². The molecule has 0 amide bonds. The summed E-state index contributed by atoms with van der Waals surface area (Å²) in [6, 6.07) is 0. The van der Waals surface area contributed by atoms with Crippen LogP contribution in [0.1, 0.15) is 39.0 Å². The van der Waals surface area contributed by atoms with E-state index in [2.05, 4.69) is 22.2 Å². The lowest BCUT2D eigenvalue weighted by Crippen LogP contribution is -2.26. The first-order valence-electron chi connectivity index (χ1n) is 7.59. The highest BCUT2D eigenvalue weighted by atomic mass is 16.6. The van der Waals surface area contributed by atoms with E-state index in [1.54, 1.807) is 7.05 Å². The number of anilines is 2. The largest absolute Gasteiger partial charge is 0.357 e. The molecule has 7 heteroatoms. The van der Waals surface area contributed by atoms with Crippen LogP contribution in [0.5, 0.6) is 0 Å². The summed E-state index contributed by atoms with van der Waals surface area (Å²) in [4.78, 5) is 21.1. The smallest absolute Gasteiger partial charge is 0.329 e. The standard InChI is InChI=1S/C14H23N5O2/c1-3-5-11-6-4-8-18(9-7-11)13-12(19(20)21)10-16-14(15-2)17-13/h10-11H,3-9H2,1-2H3,(H,15,16,17). The maximum Gasteiger partial charge on any atom is 0.329 e. The molecule has 0 spiro atoms. The van der Waals surface area contributed by atoms with Crippen molar-refractivity contribution in [3.8, 4) is 0 Å². The van der Waals surface area contributed by atoms with Crippen LogP contribution in [0, 0.1) is 16.0 Å². The van der Waals surface area contributed by atoms with E-state index in [4.69, 9.17) is 0 Å². The Hall–Kier alpha value is -1.92. The van der Waals surface area contributed by atoms with Crippen molar-refractivity contribution in [1.82, 2.24) is 9.97 Å². The number of hydrogen-bond donors (Lipinski definition) is 1. The molecular weight excluding hydrogens is 270 g/mol. The van der Waals surface area contributed by atoms with Crippen molar-refractivity contribution in [1.29, 1.82) is 0 Å². The van der Waals surface area contributed by atoms with E-state index in [0.29, 0.717) is 11.8 Å². The summed E-state index contributed by atoms with van der Waals surface area (Å²) in [5, 5.41) is 14.0. The van der Waals surface area contributed by atoms with E-state index in [1.807, 2.05) is 4.90 Å². The SMILES string of the molecule is CCCC1CCCN(c2nc(NC)ncc2[N+](=O)[O-])CC1. The van der Waals surface area contributed by atoms with Crippen LogP contribution in [-0.4, -0.2) is 35.0 Å². The summed E-state index contributed by atoms with van der Waals surface area (Å²) in [5.74, 6) is 1.59. The average Bonchev–Trinajstić information content (AvgIpc) is 2.72. The van der Waals surface area contributed by atoms with Crippen molar-refractivity contribution in [3.63, 3.8) is 0 Å². The van der Waals surface area contributed by atoms with Crippen LogP contribution in [0.3, 0.4) is 0 Å². The van der Waals surface area contributed by atoms with E-state index in [0.717, 1.165) is 31.8 Å². The van der Waals surface area contributed by atoms with E-state index >= 15 is 0 Å². The van der Waals surface area contributed by atoms with Gasteiger partial charge in [-0.05, 0) is 25.2 Å². The second-order valence-corrected chi connectivity index (χ2v) is 5.48. The summed E-state index contributed by atoms with van der Waals surface area (Å²) >= 11 is 0. The molecule has 1 N–H and O–H groups in total. The van der Waals surface area contributed by atoms with Crippen molar-refractivity contribution in [2.75, 3.05) is 30.4 Å². The zero-order chi connectivity index (χ0) is 15.2. The van der Waals surface area contributed by atoms with Gasteiger partial charge in [-0.2, -0.15) is 4.98 Å². The molecule has 2 heterocycles. The first-order chi connectivity index (χ1) is 10.2. The van der Waals surface area contributed by atoms with Crippen LogP contribution in [0.25, 0.3) is 0 Å². The van der Waals surface area contributed by atoms with Gasteiger partial charge in [-0.25, -0.2) is 4.98 Å². The molecular formula is C14H23N5O2. The third-order valence-electron chi connectivity index (χ3n) is 4.01. The second kappa shape index (κ2) is 7.19. The summed E-state index contributed by atoms with van der Waals surface area (Å²) in [5.41, 5.74) is -0.0112. The molecule has 116 valence electrons. The number of nitrogens with zero attached hydrogens (tertiary/aromatic N) is 4. The Balaban J connectivity index is 2.21. The van der Waals surface area contributed by atoms with Gasteiger partial charge in [-0.1, -0.05) is 19.8 Å². The Kier molecular flexibility index (Phi) is 5.30. The highest BCUT2D eigenvalue weighted by molar-refractivity contribution is 5.58. The lowest BCUT2D eigenvalue weighted by Gasteiger charge is -2.21. The predicted molar refractivity (Wildman–Crippen MR) is 82.7 cm³/mol. The molecule has 1 saturated heterocycles. The van der Waals surface area contributed by atoms with Crippen molar-refractivity contribution in [2.24, 2.45) is 5.92 Å². The van der Waals surface area contributed by atoms with E-state index in [9.17, 15) is 10.1 Å². The molecule has 0 aliphatic carbocycles. The van der Waals surface area contributed by atoms with Gasteiger partial charge in [0, 0.05) is 20.1 Å². The molecule has 1 aliphatic rings. The fourth-order valence-corrected chi connectivity index (χ4v) is 2.92. The molecule has 1 fully saturated rings. The van der Waals surface area contributed by atoms with E-state index < -0.39 is 4.92 Å². The minimum absolute atomic E-state index is 0.0112. The van der Waals surface area contributed by atoms with Gasteiger partial charge in [0.2, 0.25) is 11.8 Å². The molecule has 0 saturated carbocycles. The number of aromatic nitrogens is 2. The van der Waals surface area contributed by atoms with Crippen LogP contribution in [0.15, 0.2) is 6.20 Å². The highest BCUT2D eigenvalue weighted by Gasteiger charge is 2.25. The third kappa shape index (κ3) is 3.80. The molecule has 21 heavy (non-hydrogen) atoms. The maximum atomic E-state index is 11.2. The molecule has 0 bridgehead atoms. The Morgan fingerprint density at radius 3 is 2.95 bits per heavy atom. The molecule has 1 aromatic rings. The lowest BCUT2D eigenvalue weighted by atomic mass is 9.96. The molecule has 0 radical (unpaired) electrons. The number of nitrogens with one attached hydrogen (secondary N) is 1. The van der Waals surface area contributed by atoms with Gasteiger partial charge in [-0.15, -0.1) is 0 Å². The topological polar surface area (TPSA) is 84.2 Å². The van der Waals surface area contributed by atoms with Crippen molar-refractivity contribution >= 4 is 17.5 Å². The molecule has 1 unspecified atom stereocenters. The number of rotatable bonds is 5. The minimum atomic E-state index is -0.400. The van der Waals surface area contributed by atoms with Crippen LogP contribution < -0.4 is 10.2 Å². The first kappa shape index (κ1) is 15.5. The van der Waals surface area contributed by atoms with Gasteiger partial charge >= 0.3 is 5.69 Å². The van der Waals surface area contributed by atoms with Gasteiger partial charge in [0.25, 0.3) is 0 Å². The molecule has 0 aromatic carbocycles. The van der Waals surface area contributed by atoms with Gasteiger partial charge in [-0.3, -0.25) is 10.1 Å². The third-order valence-corrected chi connectivity index (χ3v) is 4.01. The van der Waals surface area contributed by atoms with Gasteiger partial charge in [0.15, 0.2) is 0 Å². The van der Waals surface area contributed by atoms with Crippen LogP contribution >= 0.6 is 0 Å². The zero-order valence-corrected chi connectivity index (χ0v) is 12.7. The molecule has 1 aliphatic heterocycles. The summed E-state index contributed by atoms with van der Waals surface area (Å²) in [6.07, 6.45) is 7.05. The Bertz CT molecular complexity index is 494.